The summed E-state index contributed by atoms with van der Waals surface area (Å²) in [4.78, 5) is 45.9. The van der Waals surface area contributed by atoms with Gasteiger partial charge in [-0.2, -0.15) is 0 Å². The predicted molar refractivity (Wildman–Crippen MR) is 165 cm³/mol. The lowest BCUT2D eigenvalue weighted by atomic mass is 10.0. The number of carbonyl (C=O) groups is 3. The van der Waals surface area contributed by atoms with E-state index in [0.29, 0.717) is 18.5 Å². The molecule has 1 saturated heterocycles. The van der Waals surface area contributed by atoms with E-state index in [-0.39, 0.29) is 43.1 Å². The number of hydrogen-bond acceptors (Lipinski definition) is 6. The van der Waals surface area contributed by atoms with Crippen LogP contribution in [0.2, 0.25) is 0 Å². The van der Waals surface area contributed by atoms with E-state index in [0.717, 1.165) is 53.1 Å². The molecule has 2 atom stereocenters. The highest BCUT2D eigenvalue weighted by Crippen LogP contribution is 2.24. The Balaban J connectivity index is 1.46. The highest BCUT2D eigenvalue weighted by atomic mass is 32.1. The van der Waals surface area contributed by atoms with Crippen molar-refractivity contribution in [3.8, 4) is 0 Å². The van der Waals surface area contributed by atoms with Gasteiger partial charge in [0.05, 0.1) is 21.3 Å². The molecule has 41 heavy (non-hydrogen) atoms. The molecule has 1 fully saturated rings. The van der Waals surface area contributed by atoms with Gasteiger partial charge in [0, 0.05) is 31.5 Å². The summed E-state index contributed by atoms with van der Waals surface area (Å²) in [5.41, 5.74) is 3.68. The zero-order valence-corrected chi connectivity index (χ0v) is 24.9. The van der Waals surface area contributed by atoms with Crippen molar-refractivity contribution in [3.63, 3.8) is 0 Å². The van der Waals surface area contributed by atoms with Gasteiger partial charge >= 0.3 is 0 Å². The van der Waals surface area contributed by atoms with Gasteiger partial charge in [0.25, 0.3) is 0 Å². The van der Waals surface area contributed by atoms with E-state index in [1.54, 1.807) is 18.3 Å². The molecule has 4 rings (SSSR count). The van der Waals surface area contributed by atoms with Crippen molar-refractivity contribution in [1.82, 2.24) is 25.8 Å². The molecule has 1 aromatic heterocycles. The van der Waals surface area contributed by atoms with Gasteiger partial charge in [-0.1, -0.05) is 56.8 Å². The van der Waals surface area contributed by atoms with Gasteiger partial charge in [-0.3, -0.25) is 19.3 Å². The average Bonchev–Trinajstić information content (AvgIpc) is 3.64. The lowest BCUT2D eigenvalue weighted by Gasteiger charge is -2.24. The fourth-order valence-corrected chi connectivity index (χ4v) is 6.08. The van der Waals surface area contributed by atoms with Crippen molar-refractivity contribution in [3.05, 3.63) is 76.8 Å². The maximum absolute atomic E-state index is 13.6. The van der Waals surface area contributed by atoms with Gasteiger partial charge in [-0.05, 0) is 62.0 Å². The van der Waals surface area contributed by atoms with Crippen LogP contribution in [0.15, 0.2) is 60.7 Å². The molecule has 2 heterocycles. The zero-order chi connectivity index (χ0) is 29.2. The summed E-state index contributed by atoms with van der Waals surface area (Å²) < 4.78 is 1.07. The largest absolute Gasteiger partial charge is 0.350 e. The summed E-state index contributed by atoms with van der Waals surface area (Å²) in [6.07, 6.45) is 4.31. The number of aryl methyl sites for hydroxylation is 1. The van der Waals surface area contributed by atoms with Gasteiger partial charge in [-0.15, -0.1) is 11.3 Å². The number of likely N-dealkylation sites (tertiary alicyclic amines) is 1. The van der Waals surface area contributed by atoms with Crippen LogP contribution in [0.25, 0.3) is 10.2 Å². The number of thiazole rings is 1. The third-order valence-electron chi connectivity index (χ3n) is 7.37. The summed E-state index contributed by atoms with van der Waals surface area (Å²) >= 11 is 1.55. The van der Waals surface area contributed by atoms with Crippen molar-refractivity contribution in [1.29, 1.82) is 0 Å². The average molecular weight is 576 g/mol. The minimum absolute atomic E-state index is 0.203. The smallest absolute Gasteiger partial charge is 0.247 e. The number of nitrogens with one attached hydrogen (secondary N) is 3. The molecule has 0 saturated carbocycles. The maximum atomic E-state index is 13.6. The number of nitrogens with zero attached hydrogens (tertiary/aromatic N) is 2. The van der Waals surface area contributed by atoms with Crippen molar-refractivity contribution in [2.24, 2.45) is 0 Å². The molecule has 0 bridgehead atoms. The van der Waals surface area contributed by atoms with E-state index < -0.39 is 6.04 Å². The normalized spacial score (nSPS) is 14.9. The summed E-state index contributed by atoms with van der Waals surface area (Å²) in [5.74, 6) is -0.710. The Hall–Kier alpha value is -3.56. The van der Waals surface area contributed by atoms with Gasteiger partial charge in [0.1, 0.15) is 6.04 Å². The zero-order valence-electron chi connectivity index (χ0n) is 24.1. The molecular weight excluding hydrogens is 534 g/mol. The molecule has 1 aliphatic rings. The Kier molecular flexibility index (Phi) is 11.0. The molecule has 2 aromatic carbocycles. The number of carbonyl (C=O) groups excluding carboxylic acids is 3. The second kappa shape index (κ2) is 14.9. The quantitative estimate of drug-likeness (QED) is 0.254. The summed E-state index contributed by atoms with van der Waals surface area (Å²) in [6, 6.07) is 14.9. The van der Waals surface area contributed by atoms with Crippen LogP contribution in [0.4, 0.5) is 0 Å². The fourth-order valence-electron chi connectivity index (χ4n) is 5.00. The molecule has 9 heteroatoms. The number of rotatable bonds is 14. The highest BCUT2D eigenvalue weighted by molar-refractivity contribution is 7.18. The van der Waals surface area contributed by atoms with Crippen LogP contribution in [0.3, 0.4) is 0 Å². The van der Waals surface area contributed by atoms with Crippen LogP contribution >= 0.6 is 11.3 Å². The van der Waals surface area contributed by atoms with E-state index in [9.17, 15) is 14.4 Å². The summed E-state index contributed by atoms with van der Waals surface area (Å²) in [6.45, 7) is 10.6. The number of fused-ring (bicyclic) bond motifs is 1. The van der Waals surface area contributed by atoms with Crippen molar-refractivity contribution < 1.29 is 14.4 Å². The summed E-state index contributed by atoms with van der Waals surface area (Å²) in [5, 5.41) is 9.75. The molecule has 1 aliphatic heterocycles. The van der Waals surface area contributed by atoms with E-state index in [2.05, 4.69) is 46.5 Å². The Labute approximate surface area is 246 Å². The third-order valence-corrected chi connectivity index (χ3v) is 8.41. The van der Waals surface area contributed by atoms with Crippen LogP contribution in [-0.4, -0.2) is 65.9 Å². The molecule has 8 nitrogen and oxygen atoms in total. The molecule has 0 aliphatic carbocycles. The molecule has 1 unspecified atom stereocenters. The molecule has 0 spiro atoms. The molecular formula is C32H41N5O3S. The van der Waals surface area contributed by atoms with E-state index in [4.69, 9.17) is 4.98 Å². The number of hydrogen-bond donors (Lipinski definition) is 3. The lowest BCUT2D eigenvalue weighted by molar-refractivity contribution is -0.129. The van der Waals surface area contributed by atoms with E-state index in [1.165, 1.54) is 5.56 Å². The Morgan fingerprint density at radius 2 is 1.76 bits per heavy atom. The minimum Gasteiger partial charge on any atom is -0.350 e. The lowest BCUT2D eigenvalue weighted by Crippen LogP contribution is -2.53. The van der Waals surface area contributed by atoms with Gasteiger partial charge < -0.3 is 16.0 Å². The number of aromatic nitrogens is 1. The van der Waals surface area contributed by atoms with E-state index in [1.807, 2.05) is 36.4 Å². The number of amides is 3. The highest BCUT2D eigenvalue weighted by Gasteiger charge is 2.26. The third kappa shape index (κ3) is 8.96. The summed E-state index contributed by atoms with van der Waals surface area (Å²) in [7, 11) is 0. The van der Waals surface area contributed by atoms with Gasteiger partial charge in [0.2, 0.25) is 17.7 Å². The first-order valence-corrected chi connectivity index (χ1v) is 15.4. The molecule has 3 aromatic rings. The van der Waals surface area contributed by atoms with E-state index >= 15 is 0 Å². The van der Waals surface area contributed by atoms with Gasteiger partial charge in [-0.25, -0.2) is 4.98 Å². The first-order chi connectivity index (χ1) is 19.8. The van der Waals surface area contributed by atoms with Crippen LogP contribution in [-0.2, 0) is 33.6 Å². The second-order valence-corrected chi connectivity index (χ2v) is 11.7. The second-order valence-electron chi connectivity index (χ2n) is 10.6. The fraction of sp³-hybridized carbons (Fsp3) is 0.438. The Morgan fingerprint density at radius 3 is 2.46 bits per heavy atom. The first-order valence-electron chi connectivity index (χ1n) is 14.5. The van der Waals surface area contributed by atoms with Crippen LogP contribution in [0, 0.1) is 0 Å². The molecule has 3 N–H and O–H groups in total. The molecule has 0 radical (unpaired) electrons. The van der Waals surface area contributed by atoms with Gasteiger partial charge in [0.15, 0.2) is 0 Å². The SMILES string of the molecule is C=C(CN1CCCC1)C(=O)NCC(Cc1ccccc1)NC(=O)[C@H](Cc1nc2ccc(CC)cc2s1)NC(=O)CC. The topological polar surface area (TPSA) is 103 Å². The monoisotopic (exact) mass is 575 g/mol. The minimum atomic E-state index is -0.784. The van der Waals surface area contributed by atoms with Crippen LogP contribution in [0.5, 0.6) is 0 Å². The first kappa shape index (κ1) is 30.4. The van der Waals surface area contributed by atoms with Crippen molar-refractivity contribution >= 4 is 39.3 Å². The Morgan fingerprint density at radius 1 is 1.00 bits per heavy atom. The predicted octanol–water partition coefficient (Wildman–Crippen LogP) is 3.79. The number of benzene rings is 2. The standard InChI is InChI=1S/C32H41N5O3S/c1-4-23-13-14-26-28(18-23)41-30(36-26)19-27(35-29(38)5-2)32(40)34-25(17-24-11-7-6-8-12-24)20-33-31(39)22(3)21-37-15-9-10-16-37/h6-8,11-14,18,25,27H,3-5,9-10,15-17,19-21H2,1-2H3,(H,33,39)(H,34,40)(H,35,38)/t25?,27-/m0/s1. The molecule has 218 valence electrons. The molecule has 3 amide bonds. The van der Waals surface area contributed by atoms with Crippen LogP contribution < -0.4 is 16.0 Å². The van der Waals surface area contributed by atoms with Crippen molar-refractivity contribution in [2.75, 3.05) is 26.2 Å². The van der Waals surface area contributed by atoms with Crippen LogP contribution in [0.1, 0.15) is 49.2 Å². The maximum Gasteiger partial charge on any atom is 0.247 e. The van der Waals surface area contributed by atoms with Crippen molar-refractivity contribution in [2.45, 2.75) is 64.5 Å². The Bertz CT molecular complexity index is 1350.